The van der Waals surface area contributed by atoms with Gasteiger partial charge in [-0.2, -0.15) is 0 Å². The molecule has 0 aliphatic carbocycles. The van der Waals surface area contributed by atoms with Gasteiger partial charge in [0.25, 0.3) is 0 Å². The summed E-state index contributed by atoms with van der Waals surface area (Å²) in [5, 5.41) is 0. The van der Waals surface area contributed by atoms with E-state index in [1.54, 1.807) is 0 Å². The van der Waals surface area contributed by atoms with E-state index in [0.29, 0.717) is 19.3 Å². The van der Waals surface area contributed by atoms with E-state index in [2.05, 4.69) is 57.2 Å². The second kappa shape index (κ2) is 63.2. The van der Waals surface area contributed by atoms with E-state index in [0.717, 1.165) is 70.6 Å². The summed E-state index contributed by atoms with van der Waals surface area (Å²) in [6.45, 7) is 6.67. The summed E-state index contributed by atoms with van der Waals surface area (Å²) >= 11 is 0. The summed E-state index contributed by atoms with van der Waals surface area (Å²) in [5.41, 5.74) is 0. The van der Waals surface area contributed by atoms with E-state index >= 15 is 0 Å². The molecule has 0 radical (unpaired) electrons. The van der Waals surface area contributed by atoms with Crippen molar-refractivity contribution in [2.75, 3.05) is 13.2 Å². The Morgan fingerprint density at radius 3 is 0.770 bits per heavy atom. The number of hydrogen-bond acceptors (Lipinski definition) is 6. The van der Waals surface area contributed by atoms with Gasteiger partial charge in [0.05, 0.1) is 0 Å². The molecular formula is C68H126O6. The lowest BCUT2D eigenvalue weighted by molar-refractivity contribution is -0.167. The van der Waals surface area contributed by atoms with Crippen molar-refractivity contribution in [1.29, 1.82) is 0 Å². The Labute approximate surface area is 461 Å². The highest BCUT2D eigenvalue weighted by molar-refractivity contribution is 5.71. The molecular weight excluding hydrogens is 913 g/mol. The molecule has 0 N–H and O–H groups in total. The van der Waals surface area contributed by atoms with Crippen molar-refractivity contribution >= 4 is 17.9 Å². The molecule has 0 aromatic rings. The number of unbranched alkanes of at least 4 members (excludes halogenated alkanes) is 44. The fourth-order valence-electron chi connectivity index (χ4n) is 9.88. The minimum absolute atomic E-state index is 0.0698. The second-order valence-corrected chi connectivity index (χ2v) is 22.4. The maximum Gasteiger partial charge on any atom is 0.306 e. The SMILES string of the molecule is CCCCCC/C=C\CCCCCCCC(=O)OCC(COC(=O)CCCCCCCCCCCCCCCCC/C=C\C/C=C\CCCCCCC)OC(=O)CCCCCCCCCCCCCCCCCC. The predicted octanol–water partition coefficient (Wildman–Crippen LogP) is 22.4. The first-order valence-electron chi connectivity index (χ1n) is 33.0. The van der Waals surface area contributed by atoms with Crippen molar-refractivity contribution < 1.29 is 28.6 Å². The molecule has 0 aromatic carbocycles. The van der Waals surface area contributed by atoms with Crippen molar-refractivity contribution in [1.82, 2.24) is 0 Å². The molecule has 0 amide bonds. The van der Waals surface area contributed by atoms with E-state index < -0.39 is 6.10 Å². The monoisotopic (exact) mass is 1040 g/mol. The third-order valence-electron chi connectivity index (χ3n) is 14.9. The van der Waals surface area contributed by atoms with Crippen LogP contribution in [-0.4, -0.2) is 37.2 Å². The van der Waals surface area contributed by atoms with Crippen LogP contribution in [0.15, 0.2) is 36.5 Å². The average Bonchev–Trinajstić information content (AvgIpc) is 3.40. The molecule has 0 bridgehead atoms. The summed E-state index contributed by atoms with van der Waals surface area (Å²) in [6.07, 6.45) is 77.3. The Balaban J connectivity index is 4.20. The second-order valence-electron chi connectivity index (χ2n) is 22.4. The molecule has 0 aromatic heterocycles. The Hall–Kier alpha value is -2.37. The molecule has 434 valence electrons. The summed E-state index contributed by atoms with van der Waals surface area (Å²) in [6, 6.07) is 0. The van der Waals surface area contributed by atoms with E-state index in [9.17, 15) is 14.4 Å². The predicted molar refractivity (Wildman–Crippen MR) is 321 cm³/mol. The van der Waals surface area contributed by atoms with E-state index in [-0.39, 0.29) is 31.1 Å². The molecule has 1 unspecified atom stereocenters. The van der Waals surface area contributed by atoms with Gasteiger partial charge in [0.15, 0.2) is 6.10 Å². The molecule has 0 aliphatic heterocycles. The fourth-order valence-corrected chi connectivity index (χ4v) is 9.88. The van der Waals surface area contributed by atoms with Crippen LogP contribution >= 0.6 is 0 Å². The first kappa shape index (κ1) is 71.6. The number of allylic oxidation sites excluding steroid dienone is 6. The normalized spacial score (nSPS) is 12.2. The van der Waals surface area contributed by atoms with Gasteiger partial charge >= 0.3 is 17.9 Å². The molecule has 6 nitrogen and oxygen atoms in total. The van der Waals surface area contributed by atoms with Gasteiger partial charge in [0, 0.05) is 19.3 Å². The Kier molecular flexibility index (Phi) is 61.1. The minimum Gasteiger partial charge on any atom is -0.462 e. The molecule has 0 spiro atoms. The first-order valence-corrected chi connectivity index (χ1v) is 33.0. The summed E-state index contributed by atoms with van der Waals surface area (Å²) < 4.78 is 16.9. The summed E-state index contributed by atoms with van der Waals surface area (Å²) in [7, 11) is 0. The number of esters is 3. The standard InChI is InChI=1S/C68H126O6/c1-4-7-10-13-16-19-22-25-27-29-30-31-32-33-34-35-36-37-38-39-41-43-46-49-52-55-58-61-67(70)73-64-65(63-72-66(69)60-57-54-51-48-45-42-24-21-18-15-12-9-6-3)74-68(71)62-59-56-53-50-47-44-40-28-26-23-20-17-14-11-8-5-2/h21-22,24-25,29-30,65H,4-20,23,26-28,31-64H2,1-3H3/b24-21-,25-22-,30-29-. The zero-order valence-electron chi connectivity index (χ0n) is 49.9. The zero-order chi connectivity index (χ0) is 53.6. The van der Waals surface area contributed by atoms with Gasteiger partial charge in [0.1, 0.15) is 13.2 Å². The van der Waals surface area contributed by atoms with Crippen LogP contribution in [0.25, 0.3) is 0 Å². The lowest BCUT2D eigenvalue weighted by Gasteiger charge is -2.18. The Bertz CT molecular complexity index is 1240. The van der Waals surface area contributed by atoms with Gasteiger partial charge in [-0.05, 0) is 77.0 Å². The van der Waals surface area contributed by atoms with Gasteiger partial charge in [-0.1, -0.05) is 301 Å². The molecule has 0 saturated carbocycles. The molecule has 0 rings (SSSR count). The quantitative estimate of drug-likeness (QED) is 0.0261. The molecule has 74 heavy (non-hydrogen) atoms. The van der Waals surface area contributed by atoms with Crippen LogP contribution in [0.5, 0.6) is 0 Å². The largest absolute Gasteiger partial charge is 0.462 e. The van der Waals surface area contributed by atoms with Gasteiger partial charge in [-0.25, -0.2) is 0 Å². The van der Waals surface area contributed by atoms with E-state index in [1.807, 2.05) is 0 Å². The van der Waals surface area contributed by atoms with Crippen LogP contribution < -0.4 is 0 Å². The van der Waals surface area contributed by atoms with Crippen LogP contribution in [0.3, 0.4) is 0 Å². The van der Waals surface area contributed by atoms with Crippen LogP contribution in [0.2, 0.25) is 0 Å². The third kappa shape index (κ3) is 60.5. The number of hydrogen-bond donors (Lipinski definition) is 0. The highest BCUT2D eigenvalue weighted by Crippen LogP contribution is 2.18. The van der Waals surface area contributed by atoms with Gasteiger partial charge in [0.2, 0.25) is 0 Å². The van der Waals surface area contributed by atoms with Gasteiger partial charge in [-0.15, -0.1) is 0 Å². The molecule has 0 heterocycles. The van der Waals surface area contributed by atoms with Crippen LogP contribution in [0, 0.1) is 0 Å². The maximum absolute atomic E-state index is 12.9. The molecule has 6 heteroatoms. The lowest BCUT2D eigenvalue weighted by Crippen LogP contribution is -2.30. The van der Waals surface area contributed by atoms with Crippen molar-refractivity contribution in [3.63, 3.8) is 0 Å². The smallest absolute Gasteiger partial charge is 0.306 e. The van der Waals surface area contributed by atoms with Crippen molar-refractivity contribution in [2.45, 2.75) is 367 Å². The number of carbonyl (C=O) groups is 3. The Morgan fingerprint density at radius 2 is 0.486 bits per heavy atom. The molecule has 1 atom stereocenters. The lowest BCUT2D eigenvalue weighted by atomic mass is 10.0. The van der Waals surface area contributed by atoms with Gasteiger partial charge < -0.3 is 14.2 Å². The third-order valence-corrected chi connectivity index (χ3v) is 14.9. The summed E-state index contributed by atoms with van der Waals surface area (Å²) in [5.74, 6) is -0.854. The van der Waals surface area contributed by atoms with E-state index in [1.165, 1.54) is 250 Å². The van der Waals surface area contributed by atoms with Crippen LogP contribution in [-0.2, 0) is 28.6 Å². The first-order chi connectivity index (χ1) is 36.5. The average molecular weight is 1040 g/mol. The van der Waals surface area contributed by atoms with Crippen molar-refractivity contribution in [3.05, 3.63) is 36.5 Å². The topological polar surface area (TPSA) is 78.9 Å². The zero-order valence-corrected chi connectivity index (χ0v) is 49.9. The highest BCUT2D eigenvalue weighted by atomic mass is 16.6. The van der Waals surface area contributed by atoms with Gasteiger partial charge in [-0.3, -0.25) is 14.4 Å². The van der Waals surface area contributed by atoms with Crippen molar-refractivity contribution in [2.24, 2.45) is 0 Å². The Morgan fingerprint density at radius 1 is 0.270 bits per heavy atom. The van der Waals surface area contributed by atoms with Crippen LogP contribution in [0.1, 0.15) is 361 Å². The molecule has 0 aliphatic rings. The summed E-state index contributed by atoms with van der Waals surface area (Å²) in [4.78, 5) is 38.3. The number of ether oxygens (including phenoxy) is 3. The molecule has 0 saturated heterocycles. The number of carbonyl (C=O) groups excluding carboxylic acids is 3. The fraction of sp³-hybridized carbons (Fsp3) is 0.868. The number of rotatable bonds is 61. The van der Waals surface area contributed by atoms with E-state index in [4.69, 9.17) is 14.2 Å². The highest BCUT2D eigenvalue weighted by Gasteiger charge is 2.19. The maximum atomic E-state index is 12.9. The minimum atomic E-state index is -0.772. The van der Waals surface area contributed by atoms with Crippen molar-refractivity contribution in [3.8, 4) is 0 Å². The van der Waals surface area contributed by atoms with Crippen LogP contribution in [0.4, 0.5) is 0 Å². The molecule has 0 fully saturated rings.